The molecule has 0 bridgehead atoms. The van der Waals surface area contributed by atoms with Crippen LogP contribution in [0.15, 0.2) is 0 Å². The molecule has 0 fully saturated rings. The van der Waals surface area contributed by atoms with Crippen molar-refractivity contribution in [2.24, 2.45) is 11.1 Å². The zero-order valence-corrected chi connectivity index (χ0v) is 13.7. The summed E-state index contributed by atoms with van der Waals surface area (Å²) < 4.78 is 31.7. The van der Waals surface area contributed by atoms with Gasteiger partial charge in [0.15, 0.2) is 0 Å². The first-order valence-corrected chi connectivity index (χ1v) is 8.68. The van der Waals surface area contributed by atoms with Gasteiger partial charge in [0.1, 0.15) is 0 Å². The highest BCUT2D eigenvalue weighted by atomic mass is 32.2. The second kappa shape index (κ2) is 10.8. The van der Waals surface area contributed by atoms with Crippen LogP contribution < -0.4 is 15.8 Å². The zero-order valence-electron chi connectivity index (χ0n) is 12.9. The fourth-order valence-corrected chi connectivity index (χ4v) is 1.73. The fourth-order valence-electron chi connectivity index (χ4n) is 1.38. The predicted molar refractivity (Wildman–Crippen MR) is 80.4 cm³/mol. The van der Waals surface area contributed by atoms with Gasteiger partial charge in [0.05, 0.1) is 31.6 Å². The molecule has 8 nitrogen and oxygen atoms in total. The van der Waals surface area contributed by atoms with Crippen molar-refractivity contribution in [3.8, 4) is 0 Å². The Bertz CT molecular complexity index is 386. The summed E-state index contributed by atoms with van der Waals surface area (Å²) in [6, 6.07) is -0.364. The number of primary sulfonamides is 1. The van der Waals surface area contributed by atoms with Gasteiger partial charge in [0.2, 0.25) is 10.0 Å². The number of hydrogen-bond donors (Lipinski definition) is 3. The van der Waals surface area contributed by atoms with Crippen LogP contribution in [0.25, 0.3) is 0 Å². The fraction of sp³-hybridized carbons (Fsp3) is 0.917. The minimum absolute atomic E-state index is 0.0150. The third-order valence-electron chi connectivity index (χ3n) is 2.67. The number of urea groups is 1. The number of hydrogen-bond acceptors (Lipinski definition) is 5. The minimum atomic E-state index is -3.50. The van der Waals surface area contributed by atoms with Gasteiger partial charge in [-0.1, -0.05) is 13.8 Å². The van der Waals surface area contributed by atoms with Crippen molar-refractivity contribution < 1.29 is 22.7 Å². The van der Waals surface area contributed by atoms with Crippen LogP contribution >= 0.6 is 0 Å². The average Bonchev–Trinajstić information content (AvgIpc) is 2.37. The SMILES string of the molecule is CCOCC(NC(=O)NCCOCCS(N)(=O)=O)C(C)C. The molecule has 0 spiro atoms. The summed E-state index contributed by atoms with van der Waals surface area (Å²) in [6.07, 6.45) is 0. The van der Waals surface area contributed by atoms with Crippen molar-refractivity contribution in [2.45, 2.75) is 26.8 Å². The summed E-state index contributed by atoms with van der Waals surface area (Å²) in [7, 11) is -3.50. The van der Waals surface area contributed by atoms with Gasteiger partial charge in [0, 0.05) is 13.2 Å². The first kappa shape index (κ1) is 20.1. The van der Waals surface area contributed by atoms with E-state index in [0.717, 1.165) is 0 Å². The molecular weight excluding hydrogens is 298 g/mol. The van der Waals surface area contributed by atoms with Gasteiger partial charge in [-0.05, 0) is 12.8 Å². The number of ether oxygens (including phenoxy) is 2. The molecule has 0 aliphatic heterocycles. The van der Waals surface area contributed by atoms with Crippen LogP contribution in [0.4, 0.5) is 4.79 Å². The number of amides is 2. The molecule has 0 aromatic carbocycles. The number of carbonyl (C=O) groups is 1. The second-order valence-corrected chi connectivity index (χ2v) is 6.62. The van der Waals surface area contributed by atoms with Crippen LogP contribution in [0.5, 0.6) is 0 Å². The summed E-state index contributed by atoms with van der Waals surface area (Å²) in [5.74, 6) is 0.0245. The second-order valence-electron chi connectivity index (χ2n) is 4.89. The van der Waals surface area contributed by atoms with Crippen LogP contribution in [0.2, 0.25) is 0 Å². The third-order valence-corrected chi connectivity index (χ3v) is 3.40. The Kier molecular flexibility index (Phi) is 10.3. The maximum atomic E-state index is 11.7. The summed E-state index contributed by atoms with van der Waals surface area (Å²) in [5, 5.41) is 10.3. The van der Waals surface area contributed by atoms with E-state index in [4.69, 9.17) is 14.6 Å². The Morgan fingerprint density at radius 2 is 1.90 bits per heavy atom. The van der Waals surface area contributed by atoms with E-state index >= 15 is 0 Å². The van der Waals surface area contributed by atoms with Gasteiger partial charge in [-0.2, -0.15) is 0 Å². The van der Waals surface area contributed by atoms with E-state index in [1.807, 2.05) is 20.8 Å². The molecule has 1 unspecified atom stereocenters. The summed E-state index contributed by atoms with van der Waals surface area (Å²) in [6.45, 7) is 7.49. The van der Waals surface area contributed by atoms with E-state index < -0.39 is 10.0 Å². The topological polar surface area (TPSA) is 120 Å². The molecule has 0 saturated heterocycles. The Morgan fingerprint density at radius 3 is 2.43 bits per heavy atom. The molecule has 0 aromatic heterocycles. The van der Waals surface area contributed by atoms with Crippen LogP contribution in [-0.4, -0.2) is 59.2 Å². The first-order chi connectivity index (χ1) is 9.76. The number of nitrogens with two attached hydrogens (primary N) is 1. The molecule has 1 atom stereocenters. The van der Waals surface area contributed by atoms with Gasteiger partial charge in [-0.3, -0.25) is 0 Å². The largest absolute Gasteiger partial charge is 0.380 e. The summed E-state index contributed by atoms with van der Waals surface area (Å²) >= 11 is 0. The van der Waals surface area contributed by atoms with Crippen molar-refractivity contribution in [3.63, 3.8) is 0 Å². The van der Waals surface area contributed by atoms with Gasteiger partial charge in [-0.15, -0.1) is 0 Å². The maximum Gasteiger partial charge on any atom is 0.315 e. The van der Waals surface area contributed by atoms with Crippen LogP contribution in [0.3, 0.4) is 0 Å². The molecule has 9 heteroatoms. The van der Waals surface area contributed by atoms with Crippen LogP contribution in [0, 0.1) is 5.92 Å². The number of nitrogens with one attached hydrogen (secondary N) is 2. The molecule has 0 heterocycles. The molecule has 0 aliphatic rings. The zero-order chi connectivity index (χ0) is 16.3. The highest BCUT2D eigenvalue weighted by Gasteiger charge is 2.15. The molecule has 4 N–H and O–H groups in total. The smallest absolute Gasteiger partial charge is 0.315 e. The quantitative estimate of drug-likeness (QED) is 0.449. The van der Waals surface area contributed by atoms with Crippen molar-refractivity contribution >= 4 is 16.1 Å². The van der Waals surface area contributed by atoms with Gasteiger partial charge < -0.3 is 20.1 Å². The highest BCUT2D eigenvalue weighted by Crippen LogP contribution is 2.01. The van der Waals surface area contributed by atoms with Gasteiger partial charge in [0.25, 0.3) is 0 Å². The molecule has 126 valence electrons. The van der Waals surface area contributed by atoms with Crippen molar-refractivity contribution in [3.05, 3.63) is 0 Å². The Morgan fingerprint density at radius 1 is 1.24 bits per heavy atom. The molecule has 0 aliphatic carbocycles. The Balaban J connectivity index is 3.77. The van der Waals surface area contributed by atoms with Crippen molar-refractivity contribution in [2.75, 3.05) is 38.7 Å². The van der Waals surface area contributed by atoms with Crippen molar-refractivity contribution in [1.29, 1.82) is 0 Å². The standard InChI is InChI=1S/C12H27N3O5S/c1-4-19-9-11(10(2)3)15-12(16)14-5-6-20-7-8-21(13,17)18/h10-11H,4-9H2,1-3H3,(H2,13,17,18)(H2,14,15,16). The van der Waals surface area contributed by atoms with E-state index in [0.29, 0.717) is 13.2 Å². The van der Waals surface area contributed by atoms with E-state index in [1.54, 1.807) is 0 Å². The molecular formula is C12H27N3O5S. The number of carbonyl (C=O) groups excluding carboxylic acids is 1. The summed E-state index contributed by atoms with van der Waals surface area (Å²) in [5.41, 5.74) is 0. The predicted octanol–water partition coefficient (Wildman–Crippen LogP) is -0.348. The lowest BCUT2D eigenvalue weighted by atomic mass is 10.1. The van der Waals surface area contributed by atoms with E-state index in [9.17, 15) is 13.2 Å². The molecule has 0 rings (SSSR count). The minimum Gasteiger partial charge on any atom is -0.380 e. The molecule has 2 amide bonds. The van der Waals surface area contributed by atoms with Gasteiger partial charge >= 0.3 is 6.03 Å². The van der Waals surface area contributed by atoms with E-state index in [1.165, 1.54) is 0 Å². The van der Waals surface area contributed by atoms with Crippen LogP contribution in [0.1, 0.15) is 20.8 Å². The normalized spacial score (nSPS) is 13.2. The lowest BCUT2D eigenvalue weighted by molar-refractivity contribution is 0.110. The summed E-state index contributed by atoms with van der Waals surface area (Å²) in [4.78, 5) is 11.7. The van der Waals surface area contributed by atoms with Crippen molar-refractivity contribution in [1.82, 2.24) is 10.6 Å². The molecule has 0 saturated carbocycles. The Hall–Kier alpha value is -0.900. The molecule has 21 heavy (non-hydrogen) atoms. The van der Waals surface area contributed by atoms with E-state index in [-0.39, 0.29) is 43.5 Å². The first-order valence-electron chi connectivity index (χ1n) is 6.96. The number of sulfonamides is 1. The Labute approximate surface area is 126 Å². The monoisotopic (exact) mass is 325 g/mol. The molecule has 0 aromatic rings. The van der Waals surface area contributed by atoms with Gasteiger partial charge in [-0.25, -0.2) is 18.4 Å². The van der Waals surface area contributed by atoms with E-state index in [2.05, 4.69) is 10.6 Å². The van der Waals surface area contributed by atoms with Crippen LogP contribution in [-0.2, 0) is 19.5 Å². The lowest BCUT2D eigenvalue weighted by Crippen LogP contribution is -2.47. The number of rotatable bonds is 11. The highest BCUT2D eigenvalue weighted by molar-refractivity contribution is 7.89. The molecule has 0 radical (unpaired) electrons. The third kappa shape index (κ3) is 12.5. The maximum absolute atomic E-state index is 11.7. The lowest BCUT2D eigenvalue weighted by Gasteiger charge is -2.22. The average molecular weight is 325 g/mol.